The van der Waals surface area contributed by atoms with E-state index in [1.165, 1.54) is 13.3 Å². The van der Waals surface area contributed by atoms with Crippen LogP contribution in [-0.2, 0) is 9.59 Å². The molecule has 0 fully saturated rings. The summed E-state index contributed by atoms with van der Waals surface area (Å²) in [6, 6.07) is 6.83. The van der Waals surface area contributed by atoms with Gasteiger partial charge in [-0.2, -0.15) is 5.10 Å². The third-order valence-corrected chi connectivity index (χ3v) is 2.58. The van der Waals surface area contributed by atoms with Gasteiger partial charge in [-0.25, -0.2) is 9.67 Å². The number of nitrogens with one attached hydrogen (secondary N) is 1. The van der Waals surface area contributed by atoms with E-state index < -0.39 is 17.8 Å². The average Bonchev–Trinajstić information content (AvgIpc) is 2.92. The van der Waals surface area contributed by atoms with Gasteiger partial charge in [-0.3, -0.25) is 9.59 Å². The zero-order chi connectivity index (χ0) is 13.8. The summed E-state index contributed by atoms with van der Waals surface area (Å²) >= 11 is 0. The molecule has 98 valence electrons. The van der Waals surface area contributed by atoms with E-state index in [0.29, 0.717) is 5.69 Å². The third kappa shape index (κ3) is 2.95. The Balaban J connectivity index is 2.07. The molecule has 0 saturated carbocycles. The maximum Gasteiger partial charge on any atom is 0.315 e. The Hall–Kier alpha value is -2.70. The number of hydrogen-bond acceptors (Lipinski definition) is 4. The summed E-state index contributed by atoms with van der Waals surface area (Å²) in [4.78, 5) is 26.0. The molecule has 0 radical (unpaired) electrons. The largest absolute Gasteiger partial charge is 0.481 e. The number of amides is 1. The van der Waals surface area contributed by atoms with Gasteiger partial charge in [0.2, 0.25) is 5.91 Å². The molecular weight excluding hydrogens is 248 g/mol. The first-order valence-electron chi connectivity index (χ1n) is 5.56. The molecular formula is C12H12N4O3. The van der Waals surface area contributed by atoms with Crippen LogP contribution < -0.4 is 5.32 Å². The lowest BCUT2D eigenvalue weighted by molar-refractivity contribution is -0.144. The number of nitrogens with zero attached hydrogens (tertiary/aromatic N) is 3. The Bertz CT molecular complexity index is 578. The van der Waals surface area contributed by atoms with Crippen LogP contribution in [0.4, 0.5) is 5.69 Å². The number of aromatic nitrogens is 3. The van der Waals surface area contributed by atoms with Crippen molar-refractivity contribution in [3.05, 3.63) is 36.9 Å². The summed E-state index contributed by atoms with van der Waals surface area (Å²) in [6.45, 7) is 1.33. The Kier molecular flexibility index (Phi) is 3.56. The molecule has 1 amide bonds. The van der Waals surface area contributed by atoms with Gasteiger partial charge in [-0.15, -0.1) is 0 Å². The minimum atomic E-state index is -1.16. The van der Waals surface area contributed by atoms with Crippen molar-refractivity contribution in [1.82, 2.24) is 14.8 Å². The highest BCUT2D eigenvalue weighted by Crippen LogP contribution is 2.13. The van der Waals surface area contributed by atoms with Crippen LogP contribution in [0.3, 0.4) is 0 Å². The van der Waals surface area contributed by atoms with Gasteiger partial charge in [0.15, 0.2) is 0 Å². The minimum absolute atomic E-state index is 0.530. The molecule has 2 rings (SSSR count). The van der Waals surface area contributed by atoms with Crippen molar-refractivity contribution in [2.75, 3.05) is 5.32 Å². The molecule has 0 aliphatic heterocycles. The quantitative estimate of drug-likeness (QED) is 0.797. The first kappa shape index (κ1) is 12.7. The molecule has 1 heterocycles. The predicted molar refractivity (Wildman–Crippen MR) is 66.8 cm³/mol. The number of benzene rings is 1. The van der Waals surface area contributed by atoms with Crippen molar-refractivity contribution < 1.29 is 14.7 Å². The standard InChI is InChI=1S/C12H12N4O3/c1-8(12(18)19)11(17)15-9-2-4-10(5-3-9)16-7-13-6-14-16/h2-8H,1H3,(H,15,17)(H,18,19). The van der Waals surface area contributed by atoms with E-state index in [2.05, 4.69) is 15.4 Å². The van der Waals surface area contributed by atoms with Crippen molar-refractivity contribution in [2.45, 2.75) is 6.92 Å². The van der Waals surface area contributed by atoms with Crippen molar-refractivity contribution in [1.29, 1.82) is 0 Å². The molecule has 0 aliphatic rings. The topological polar surface area (TPSA) is 97.1 Å². The highest BCUT2D eigenvalue weighted by molar-refractivity contribution is 6.03. The van der Waals surface area contributed by atoms with Crippen LogP contribution in [0, 0.1) is 5.92 Å². The molecule has 2 aromatic rings. The molecule has 1 aromatic carbocycles. The smallest absolute Gasteiger partial charge is 0.315 e. The van der Waals surface area contributed by atoms with Crippen molar-refractivity contribution in [3.63, 3.8) is 0 Å². The van der Waals surface area contributed by atoms with Gasteiger partial charge in [0.25, 0.3) is 0 Å². The summed E-state index contributed by atoms with van der Waals surface area (Å²) in [5.74, 6) is -2.80. The number of carboxylic acid groups (broad SMARTS) is 1. The molecule has 1 aromatic heterocycles. The zero-order valence-electron chi connectivity index (χ0n) is 10.1. The van der Waals surface area contributed by atoms with E-state index in [1.54, 1.807) is 35.3 Å². The van der Waals surface area contributed by atoms with Gasteiger partial charge < -0.3 is 10.4 Å². The summed E-state index contributed by atoms with van der Waals surface area (Å²) in [5.41, 5.74) is 1.32. The lowest BCUT2D eigenvalue weighted by atomic mass is 10.1. The fourth-order valence-corrected chi connectivity index (χ4v) is 1.40. The maximum absolute atomic E-state index is 11.5. The van der Waals surface area contributed by atoms with E-state index in [9.17, 15) is 9.59 Å². The summed E-state index contributed by atoms with van der Waals surface area (Å²) in [7, 11) is 0. The molecule has 1 atom stereocenters. The Morgan fingerprint density at radius 3 is 2.53 bits per heavy atom. The molecule has 0 bridgehead atoms. The van der Waals surface area contributed by atoms with Crippen LogP contribution >= 0.6 is 0 Å². The molecule has 7 nitrogen and oxygen atoms in total. The molecule has 0 aliphatic carbocycles. The zero-order valence-corrected chi connectivity index (χ0v) is 10.1. The van der Waals surface area contributed by atoms with Crippen LogP contribution in [0.2, 0.25) is 0 Å². The van der Waals surface area contributed by atoms with E-state index in [0.717, 1.165) is 5.69 Å². The summed E-state index contributed by atoms with van der Waals surface area (Å²) < 4.78 is 1.57. The maximum atomic E-state index is 11.5. The van der Waals surface area contributed by atoms with E-state index in [-0.39, 0.29) is 0 Å². The van der Waals surface area contributed by atoms with E-state index in [1.807, 2.05) is 0 Å². The van der Waals surface area contributed by atoms with Gasteiger partial charge in [0, 0.05) is 5.69 Å². The molecule has 0 saturated heterocycles. The van der Waals surface area contributed by atoms with Gasteiger partial charge >= 0.3 is 5.97 Å². The molecule has 2 N–H and O–H groups in total. The Labute approximate surface area is 108 Å². The van der Waals surface area contributed by atoms with Crippen molar-refractivity contribution >= 4 is 17.6 Å². The molecule has 7 heteroatoms. The Morgan fingerprint density at radius 1 is 1.32 bits per heavy atom. The number of carbonyl (C=O) groups is 2. The fourth-order valence-electron chi connectivity index (χ4n) is 1.40. The minimum Gasteiger partial charge on any atom is -0.481 e. The lowest BCUT2D eigenvalue weighted by Gasteiger charge is -2.08. The second-order valence-corrected chi connectivity index (χ2v) is 3.94. The fraction of sp³-hybridized carbons (Fsp3) is 0.167. The normalized spacial score (nSPS) is 11.8. The first-order chi connectivity index (χ1) is 9.08. The first-order valence-corrected chi connectivity index (χ1v) is 5.56. The Morgan fingerprint density at radius 2 is 2.00 bits per heavy atom. The lowest BCUT2D eigenvalue weighted by Crippen LogP contribution is -2.26. The van der Waals surface area contributed by atoms with Crippen molar-refractivity contribution in [2.24, 2.45) is 5.92 Å². The number of rotatable bonds is 4. The van der Waals surface area contributed by atoms with Crippen molar-refractivity contribution in [3.8, 4) is 5.69 Å². The predicted octanol–water partition coefficient (Wildman–Crippen LogP) is 0.926. The SMILES string of the molecule is CC(C(=O)O)C(=O)Nc1ccc(-n2cncn2)cc1. The van der Waals surface area contributed by atoms with Crippen LogP contribution in [0.1, 0.15) is 6.92 Å². The van der Waals surface area contributed by atoms with Gasteiger partial charge in [-0.1, -0.05) is 0 Å². The number of carboxylic acids is 1. The van der Waals surface area contributed by atoms with Gasteiger partial charge in [0.05, 0.1) is 5.69 Å². The van der Waals surface area contributed by atoms with Crippen LogP contribution in [-0.4, -0.2) is 31.7 Å². The summed E-state index contributed by atoms with van der Waals surface area (Å²) in [6.07, 6.45) is 2.98. The number of anilines is 1. The highest BCUT2D eigenvalue weighted by atomic mass is 16.4. The monoisotopic (exact) mass is 260 g/mol. The number of aliphatic carboxylic acids is 1. The third-order valence-electron chi connectivity index (χ3n) is 2.58. The number of carbonyl (C=O) groups excluding carboxylic acids is 1. The van der Waals surface area contributed by atoms with Gasteiger partial charge in [0.1, 0.15) is 18.6 Å². The van der Waals surface area contributed by atoms with Crippen LogP contribution in [0.25, 0.3) is 5.69 Å². The molecule has 0 spiro atoms. The van der Waals surface area contributed by atoms with Gasteiger partial charge in [-0.05, 0) is 31.2 Å². The van der Waals surface area contributed by atoms with Crippen LogP contribution in [0.5, 0.6) is 0 Å². The highest BCUT2D eigenvalue weighted by Gasteiger charge is 2.20. The summed E-state index contributed by atoms with van der Waals surface area (Å²) in [5, 5.41) is 15.2. The average molecular weight is 260 g/mol. The molecule has 1 unspecified atom stereocenters. The van der Waals surface area contributed by atoms with E-state index in [4.69, 9.17) is 5.11 Å². The van der Waals surface area contributed by atoms with Crippen LogP contribution in [0.15, 0.2) is 36.9 Å². The number of hydrogen-bond donors (Lipinski definition) is 2. The second-order valence-electron chi connectivity index (χ2n) is 3.94. The van der Waals surface area contributed by atoms with E-state index >= 15 is 0 Å². The molecule has 19 heavy (non-hydrogen) atoms. The second kappa shape index (κ2) is 5.30.